The topological polar surface area (TPSA) is 79.3 Å². The monoisotopic (exact) mass is 592 g/mol. The Labute approximate surface area is 259 Å². The van der Waals surface area contributed by atoms with Gasteiger partial charge in [-0.3, -0.25) is 14.5 Å². The molecule has 44 heavy (non-hydrogen) atoms. The van der Waals surface area contributed by atoms with E-state index in [-0.39, 0.29) is 18.0 Å². The number of amides is 1. The van der Waals surface area contributed by atoms with Gasteiger partial charge in [0.15, 0.2) is 11.5 Å². The molecule has 1 saturated carbocycles. The Kier molecular flexibility index (Phi) is 7.13. The number of piperidine rings is 1. The number of nitrogens with zero attached hydrogens (tertiary/aromatic N) is 2. The fourth-order valence-corrected chi connectivity index (χ4v) is 8.63. The third kappa shape index (κ3) is 4.48. The molecule has 1 N–H and O–H groups in total. The Morgan fingerprint density at radius 2 is 1.93 bits per heavy atom. The molecule has 2 aliphatic carbocycles. The van der Waals surface area contributed by atoms with Gasteiger partial charge in [-0.05, 0) is 74.4 Å². The van der Waals surface area contributed by atoms with Gasteiger partial charge in [-0.2, -0.15) is 0 Å². The van der Waals surface area contributed by atoms with E-state index in [1.54, 1.807) is 11.0 Å². The molecule has 7 heteroatoms. The lowest BCUT2D eigenvalue weighted by Gasteiger charge is -2.64. The second-order valence-electron chi connectivity index (χ2n) is 13.0. The van der Waals surface area contributed by atoms with E-state index in [4.69, 9.17) is 9.47 Å². The summed E-state index contributed by atoms with van der Waals surface area (Å²) in [6.07, 6.45) is 6.49. The largest absolute Gasteiger partial charge is 0.483 e. The summed E-state index contributed by atoms with van der Waals surface area (Å²) in [5, 5.41) is 12.9. The SMILES string of the molecule is CC(=O)Oc1ccc2c3c1O[C@H]1[C@H](N(C)C(=O)C=Cc4cccc(C)c4)CC[C@@]4(O)[C@@H](C2)N(CCc2ccccc2)CC[C@]314. The van der Waals surface area contributed by atoms with Crippen LogP contribution in [0.2, 0.25) is 0 Å². The zero-order valence-corrected chi connectivity index (χ0v) is 25.7. The molecule has 2 aliphatic heterocycles. The quantitative estimate of drug-likeness (QED) is 0.240. The Bertz CT molecular complexity index is 1640. The fourth-order valence-electron chi connectivity index (χ4n) is 8.63. The zero-order chi connectivity index (χ0) is 30.6. The highest BCUT2D eigenvalue weighted by Crippen LogP contribution is 2.66. The highest BCUT2D eigenvalue weighted by molar-refractivity contribution is 5.92. The summed E-state index contributed by atoms with van der Waals surface area (Å²) in [5.41, 5.74) is 3.75. The number of hydrogen-bond donors (Lipinski definition) is 1. The predicted octanol–water partition coefficient (Wildman–Crippen LogP) is 4.86. The van der Waals surface area contributed by atoms with Crippen LogP contribution in [-0.2, 0) is 27.8 Å². The number of esters is 1. The van der Waals surface area contributed by atoms with E-state index < -0.39 is 23.1 Å². The lowest BCUT2D eigenvalue weighted by molar-refractivity contribution is -0.199. The van der Waals surface area contributed by atoms with Gasteiger partial charge in [0.2, 0.25) is 5.91 Å². The van der Waals surface area contributed by atoms with Crippen molar-refractivity contribution in [2.24, 2.45) is 0 Å². The van der Waals surface area contributed by atoms with Crippen LogP contribution in [0, 0.1) is 6.92 Å². The minimum atomic E-state index is -1.04. The van der Waals surface area contributed by atoms with Gasteiger partial charge in [-0.1, -0.05) is 66.2 Å². The smallest absolute Gasteiger partial charge is 0.308 e. The number of carbonyl (C=O) groups excluding carboxylic acids is 2. The third-order valence-corrected chi connectivity index (χ3v) is 10.6. The van der Waals surface area contributed by atoms with Crippen LogP contribution in [0.1, 0.15) is 54.0 Å². The maximum Gasteiger partial charge on any atom is 0.308 e. The summed E-state index contributed by atoms with van der Waals surface area (Å²) in [5.74, 6) is 0.424. The normalized spacial score (nSPS) is 28.3. The number of hydrogen-bond acceptors (Lipinski definition) is 6. The van der Waals surface area contributed by atoms with Crippen molar-refractivity contribution in [2.45, 2.75) is 75.2 Å². The maximum atomic E-state index is 13.6. The van der Waals surface area contributed by atoms with Crippen LogP contribution >= 0.6 is 0 Å². The molecule has 3 aromatic carbocycles. The molecule has 2 fully saturated rings. The standard InChI is InChI=1S/C37H40N2O5/c1-24-8-7-11-27(22-24)12-15-32(41)38(3)29-16-18-37(42)31-23-28-13-14-30(43-25(2)40)34-33(28)36(37,35(29)44-34)19-21-39(31)20-17-26-9-5-4-6-10-26/h4-15,22,29,31,35,42H,16-21,23H2,1-3H3/t29-,31-,35+,36+,37-/m1/s1. The minimum Gasteiger partial charge on any atom is -0.483 e. The van der Waals surface area contributed by atoms with E-state index in [1.807, 2.05) is 62.5 Å². The molecule has 2 bridgehead atoms. The Morgan fingerprint density at radius 1 is 1.11 bits per heavy atom. The summed E-state index contributed by atoms with van der Waals surface area (Å²) in [6.45, 7) is 5.09. The van der Waals surface area contributed by atoms with Crippen LogP contribution in [0.5, 0.6) is 11.5 Å². The van der Waals surface area contributed by atoms with Crippen LogP contribution in [0.4, 0.5) is 0 Å². The number of likely N-dealkylation sites (tertiary alicyclic amines) is 1. The van der Waals surface area contributed by atoms with E-state index in [0.29, 0.717) is 37.2 Å². The first-order valence-electron chi connectivity index (χ1n) is 15.7. The average molecular weight is 593 g/mol. The van der Waals surface area contributed by atoms with Crippen LogP contribution < -0.4 is 9.47 Å². The summed E-state index contributed by atoms with van der Waals surface area (Å²) in [4.78, 5) is 29.9. The summed E-state index contributed by atoms with van der Waals surface area (Å²) in [7, 11) is 1.84. The van der Waals surface area contributed by atoms with Crippen LogP contribution in [0.3, 0.4) is 0 Å². The molecule has 1 amide bonds. The maximum absolute atomic E-state index is 13.6. The highest BCUT2D eigenvalue weighted by Gasteiger charge is 2.73. The molecule has 228 valence electrons. The molecule has 0 unspecified atom stereocenters. The molecular formula is C37H40N2O5. The van der Waals surface area contributed by atoms with Crippen molar-refractivity contribution in [3.63, 3.8) is 0 Å². The molecule has 7 nitrogen and oxygen atoms in total. The predicted molar refractivity (Wildman–Crippen MR) is 169 cm³/mol. The molecular weight excluding hydrogens is 552 g/mol. The first-order valence-corrected chi connectivity index (χ1v) is 15.7. The first kappa shape index (κ1) is 28.8. The fraction of sp³-hybridized carbons (Fsp3) is 0.405. The Balaban J connectivity index is 1.24. The number of benzene rings is 3. The minimum absolute atomic E-state index is 0.0766. The summed E-state index contributed by atoms with van der Waals surface area (Å²) >= 11 is 0. The number of likely N-dealkylation sites (N-methyl/N-ethyl adjacent to an activating group) is 1. The molecule has 5 atom stereocenters. The number of ether oxygens (including phenoxy) is 2. The van der Waals surface area contributed by atoms with Crippen LogP contribution in [-0.4, -0.2) is 70.7 Å². The number of rotatable bonds is 7. The van der Waals surface area contributed by atoms with E-state index in [2.05, 4.69) is 29.2 Å². The molecule has 1 spiro atoms. The Morgan fingerprint density at radius 3 is 2.70 bits per heavy atom. The third-order valence-electron chi connectivity index (χ3n) is 10.6. The van der Waals surface area contributed by atoms with Gasteiger partial charge in [0.1, 0.15) is 6.10 Å². The molecule has 3 aromatic rings. The molecule has 0 aromatic heterocycles. The molecule has 7 rings (SSSR count). The van der Waals surface area contributed by atoms with Gasteiger partial charge in [-0.15, -0.1) is 0 Å². The van der Waals surface area contributed by atoms with Crippen molar-refractivity contribution < 1.29 is 24.2 Å². The number of carbonyl (C=O) groups is 2. The summed E-state index contributed by atoms with van der Waals surface area (Å²) in [6, 6.07) is 22.1. The van der Waals surface area contributed by atoms with Gasteiger partial charge in [0.25, 0.3) is 0 Å². The van der Waals surface area contributed by atoms with E-state index in [0.717, 1.165) is 41.8 Å². The van der Waals surface area contributed by atoms with Crippen molar-refractivity contribution in [3.8, 4) is 11.5 Å². The van der Waals surface area contributed by atoms with E-state index in [1.165, 1.54) is 12.5 Å². The Hall–Kier alpha value is -3.94. The highest BCUT2D eigenvalue weighted by atomic mass is 16.6. The van der Waals surface area contributed by atoms with Crippen molar-refractivity contribution in [1.29, 1.82) is 0 Å². The molecule has 0 radical (unpaired) electrons. The van der Waals surface area contributed by atoms with Crippen LogP contribution in [0.25, 0.3) is 6.08 Å². The number of aryl methyl sites for hydroxylation is 1. The second-order valence-corrected chi connectivity index (χ2v) is 13.0. The zero-order valence-electron chi connectivity index (χ0n) is 25.7. The van der Waals surface area contributed by atoms with Gasteiger partial charge in [-0.25, -0.2) is 0 Å². The van der Waals surface area contributed by atoms with Gasteiger partial charge in [0, 0.05) is 38.2 Å². The molecule has 1 saturated heterocycles. The van der Waals surface area contributed by atoms with E-state index in [9.17, 15) is 14.7 Å². The van der Waals surface area contributed by atoms with Gasteiger partial charge >= 0.3 is 5.97 Å². The van der Waals surface area contributed by atoms with Crippen molar-refractivity contribution >= 4 is 18.0 Å². The molecule has 2 heterocycles. The number of aliphatic hydroxyl groups is 1. The molecule has 4 aliphatic rings. The van der Waals surface area contributed by atoms with Crippen LogP contribution in [0.15, 0.2) is 72.8 Å². The lowest BCUT2D eigenvalue weighted by atomic mass is 9.48. The van der Waals surface area contributed by atoms with Crippen molar-refractivity contribution in [1.82, 2.24) is 9.80 Å². The van der Waals surface area contributed by atoms with Crippen molar-refractivity contribution in [2.75, 3.05) is 20.1 Å². The van der Waals surface area contributed by atoms with Gasteiger partial charge < -0.3 is 19.5 Å². The van der Waals surface area contributed by atoms with Gasteiger partial charge in [0.05, 0.1) is 17.1 Å². The first-order chi connectivity index (χ1) is 21.2. The second kappa shape index (κ2) is 10.9. The lowest BCUT2D eigenvalue weighted by Crippen LogP contribution is -2.78. The van der Waals surface area contributed by atoms with Crippen molar-refractivity contribution in [3.05, 3.63) is 101 Å². The summed E-state index contributed by atoms with van der Waals surface area (Å²) < 4.78 is 12.5. The van der Waals surface area contributed by atoms with E-state index >= 15 is 0 Å². The average Bonchev–Trinajstić information content (AvgIpc) is 3.36.